The molecule has 1 heterocycles. The van der Waals surface area contributed by atoms with Gasteiger partial charge in [-0.25, -0.2) is 0 Å². The van der Waals surface area contributed by atoms with Crippen molar-refractivity contribution in [2.75, 3.05) is 19.6 Å². The van der Waals surface area contributed by atoms with Crippen LogP contribution < -0.4 is 10.6 Å². The summed E-state index contributed by atoms with van der Waals surface area (Å²) < 4.78 is 0. The van der Waals surface area contributed by atoms with E-state index in [2.05, 4.69) is 45.9 Å². The minimum absolute atomic E-state index is 0.0293. The number of carbonyl (C=O) groups excluding carboxylic acids is 2. The van der Waals surface area contributed by atoms with Crippen molar-refractivity contribution in [3.8, 4) is 0 Å². The Kier molecular flexibility index (Phi) is 6.85. The maximum absolute atomic E-state index is 12.5. The predicted octanol–water partition coefficient (Wildman–Crippen LogP) is 4.06. The summed E-state index contributed by atoms with van der Waals surface area (Å²) >= 11 is 5.88. The van der Waals surface area contributed by atoms with Crippen molar-refractivity contribution in [2.45, 2.75) is 25.4 Å². The van der Waals surface area contributed by atoms with Gasteiger partial charge in [-0.3, -0.25) is 14.5 Å². The SMILES string of the molecule is O=C(NCc1ccc(Cl)cc1)C(=O)NC[C@H](c1cccc2ccccc12)N1CCCC1. The van der Waals surface area contributed by atoms with Gasteiger partial charge in [0.1, 0.15) is 0 Å². The lowest BCUT2D eigenvalue weighted by Gasteiger charge is -2.29. The third-order valence-corrected chi connectivity index (χ3v) is 6.04. The molecule has 0 aromatic heterocycles. The second-order valence-corrected chi connectivity index (χ2v) is 8.28. The summed E-state index contributed by atoms with van der Waals surface area (Å²) in [7, 11) is 0. The first-order chi connectivity index (χ1) is 15.1. The second-order valence-electron chi connectivity index (χ2n) is 7.85. The average Bonchev–Trinajstić information content (AvgIpc) is 3.33. The molecular weight excluding hydrogens is 410 g/mol. The van der Waals surface area contributed by atoms with E-state index in [1.54, 1.807) is 12.1 Å². The normalized spacial score (nSPS) is 15.0. The Hall–Kier alpha value is -2.89. The molecule has 0 unspecified atom stereocenters. The van der Waals surface area contributed by atoms with Crippen LogP contribution in [0.15, 0.2) is 66.7 Å². The van der Waals surface area contributed by atoms with Crippen LogP contribution in [0.5, 0.6) is 0 Å². The van der Waals surface area contributed by atoms with Crippen molar-refractivity contribution in [3.05, 3.63) is 82.9 Å². The standard InChI is InChI=1S/C25H26ClN3O2/c26-20-12-10-18(11-13-20)16-27-24(30)25(31)28-17-23(29-14-3-4-15-29)22-9-5-7-19-6-1-2-8-21(19)22/h1-2,5-13,23H,3-4,14-17H2,(H,27,30)(H,28,31)/t23-/m1/s1. The first-order valence-corrected chi connectivity index (χ1v) is 11.0. The molecular formula is C25H26ClN3O2. The van der Waals surface area contributed by atoms with E-state index in [0.717, 1.165) is 31.5 Å². The number of nitrogens with one attached hydrogen (secondary N) is 2. The van der Waals surface area contributed by atoms with Gasteiger partial charge in [-0.2, -0.15) is 0 Å². The van der Waals surface area contributed by atoms with Gasteiger partial charge in [-0.15, -0.1) is 0 Å². The van der Waals surface area contributed by atoms with Crippen LogP contribution in [0, 0.1) is 0 Å². The van der Waals surface area contributed by atoms with Gasteiger partial charge in [0, 0.05) is 18.1 Å². The number of hydrogen-bond donors (Lipinski definition) is 2. The van der Waals surface area contributed by atoms with Crippen molar-refractivity contribution in [1.82, 2.24) is 15.5 Å². The molecule has 3 aromatic carbocycles. The van der Waals surface area contributed by atoms with Crippen LogP contribution in [0.25, 0.3) is 10.8 Å². The van der Waals surface area contributed by atoms with E-state index in [1.807, 2.05) is 24.3 Å². The topological polar surface area (TPSA) is 61.4 Å². The Bertz CT molecular complexity index is 1060. The van der Waals surface area contributed by atoms with E-state index < -0.39 is 11.8 Å². The number of benzene rings is 3. The molecule has 0 saturated carbocycles. The summed E-state index contributed by atoms with van der Waals surface area (Å²) in [6.07, 6.45) is 2.30. The molecule has 0 aliphatic carbocycles. The predicted molar refractivity (Wildman–Crippen MR) is 124 cm³/mol. The van der Waals surface area contributed by atoms with Crippen LogP contribution in [0.2, 0.25) is 5.02 Å². The average molecular weight is 436 g/mol. The zero-order valence-electron chi connectivity index (χ0n) is 17.3. The quantitative estimate of drug-likeness (QED) is 0.574. The second kappa shape index (κ2) is 9.94. The number of fused-ring (bicyclic) bond motifs is 1. The monoisotopic (exact) mass is 435 g/mol. The highest BCUT2D eigenvalue weighted by molar-refractivity contribution is 6.35. The fourth-order valence-corrected chi connectivity index (χ4v) is 4.29. The van der Waals surface area contributed by atoms with E-state index in [0.29, 0.717) is 11.6 Å². The van der Waals surface area contributed by atoms with Gasteiger partial charge in [0.25, 0.3) is 0 Å². The van der Waals surface area contributed by atoms with Crippen molar-refractivity contribution in [3.63, 3.8) is 0 Å². The van der Waals surface area contributed by atoms with Crippen molar-refractivity contribution in [1.29, 1.82) is 0 Å². The van der Waals surface area contributed by atoms with Gasteiger partial charge in [0.2, 0.25) is 0 Å². The first-order valence-electron chi connectivity index (χ1n) is 10.6. The summed E-state index contributed by atoms with van der Waals surface area (Å²) in [4.78, 5) is 27.2. The summed E-state index contributed by atoms with van der Waals surface area (Å²) in [5.74, 6) is -1.24. The number of hydrogen-bond acceptors (Lipinski definition) is 3. The number of carbonyl (C=O) groups is 2. The summed E-state index contributed by atoms with van der Waals surface area (Å²) in [5.41, 5.74) is 2.07. The molecule has 2 N–H and O–H groups in total. The molecule has 0 spiro atoms. The molecule has 6 heteroatoms. The highest BCUT2D eigenvalue weighted by Crippen LogP contribution is 2.30. The van der Waals surface area contributed by atoms with Crippen LogP contribution >= 0.6 is 11.6 Å². The fraction of sp³-hybridized carbons (Fsp3) is 0.280. The summed E-state index contributed by atoms with van der Waals surface area (Å²) in [5, 5.41) is 8.52. The van der Waals surface area contributed by atoms with Crippen LogP contribution in [0.1, 0.15) is 30.0 Å². The van der Waals surface area contributed by atoms with Gasteiger partial charge in [0.05, 0.1) is 6.04 Å². The number of nitrogens with zero attached hydrogens (tertiary/aromatic N) is 1. The molecule has 1 aliphatic rings. The minimum Gasteiger partial charge on any atom is -0.346 e. The van der Waals surface area contributed by atoms with Gasteiger partial charge >= 0.3 is 11.8 Å². The number of likely N-dealkylation sites (tertiary alicyclic amines) is 1. The molecule has 0 radical (unpaired) electrons. The first kappa shape index (κ1) is 21.3. The van der Waals surface area contributed by atoms with Crippen LogP contribution in [-0.4, -0.2) is 36.3 Å². The van der Waals surface area contributed by atoms with Crippen molar-refractivity contribution < 1.29 is 9.59 Å². The van der Waals surface area contributed by atoms with Crippen molar-refractivity contribution in [2.24, 2.45) is 0 Å². The number of halogens is 1. The lowest BCUT2D eigenvalue weighted by molar-refractivity contribution is -0.139. The van der Waals surface area contributed by atoms with E-state index in [9.17, 15) is 9.59 Å². The Morgan fingerprint density at radius 2 is 1.55 bits per heavy atom. The molecule has 2 amide bonds. The maximum atomic E-state index is 12.5. The zero-order chi connectivity index (χ0) is 21.6. The van der Waals surface area contributed by atoms with Crippen LogP contribution in [-0.2, 0) is 16.1 Å². The summed E-state index contributed by atoms with van der Waals surface area (Å²) in [6, 6.07) is 21.8. The van der Waals surface area contributed by atoms with Gasteiger partial charge in [-0.05, 0) is 60.0 Å². The molecule has 160 valence electrons. The molecule has 0 bridgehead atoms. The van der Waals surface area contributed by atoms with Gasteiger partial charge < -0.3 is 10.6 Å². The molecule has 5 nitrogen and oxygen atoms in total. The lowest BCUT2D eigenvalue weighted by Crippen LogP contribution is -2.43. The van der Waals surface area contributed by atoms with E-state index in [4.69, 9.17) is 11.6 Å². The Labute approximate surface area is 187 Å². The molecule has 3 aromatic rings. The Morgan fingerprint density at radius 3 is 2.32 bits per heavy atom. The third kappa shape index (κ3) is 5.24. The lowest BCUT2D eigenvalue weighted by atomic mass is 9.97. The van der Waals surface area contributed by atoms with Crippen LogP contribution in [0.3, 0.4) is 0 Å². The molecule has 1 saturated heterocycles. The summed E-state index contributed by atoms with van der Waals surface area (Å²) in [6.45, 7) is 2.66. The zero-order valence-corrected chi connectivity index (χ0v) is 18.1. The highest BCUT2D eigenvalue weighted by Gasteiger charge is 2.26. The van der Waals surface area contributed by atoms with E-state index in [1.165, 1.54) is 16.3 Å². The largest absolute Gasteiger partial charge is 0.346 e. The maximum Gasteiger partial charge on any atom is 0.309 e. The minimum atomic E-state index is -0.631. The van der Waals surface area contributed by atoms with E-state index in [-0.39, 0.29) is 12.6 Å². The van der Waals surface area contributed by atoms with Crippen LogP contribution in [0.4, 0.5) is 0 Å². The number of amides is 2. The smallest absolute Gasteiger partial charge is 0.309 e. The molecule has 1 atom stereocenters. The molecule has 31 heavy (non-hydrogen) atoms. The molecule has 1 fully saturated rings. The Balaban J connectivity index is 1.43. The molecule has 1 aliphatic heterocycles. The van der Waals surface area contributed by atoms with Crippen molar-refractivity contribution >= 4 is 34.2 Å². The number of rotatable bonds is 6. The van der Waals surface area contributed by atoms with Gasteiger partial charge in [-0.1, -0.05) is 66.2 Å². The highest BCUT2D eigenvalue weighted by atomic mass is 35.5. The molecule has 4 rings (SSSR count). The van der Waals surface area contributed by atoms with E-state index >= 15 is 0 Å². The van der Waals surface area contributed by atoms with Gasteiger partial charge in [0.15, 0.2) is 0 Å². The fourth-order valence-electron chi connectivity index (χ4n) is 4.16. The third-order valence-electron chi connectivity index (χ3n) is 5.79. The Morgan fingerprint density at radius 1 is 0.871 bits per heavy atom.